The van der Waals surface area contributed by atoms with Gasteiger partial charge in [-0.2, -0.15) is 0 Å². The second-order valence-corrected chi connectivity index (χ2v) is 8.12. The van der Waals surface area contributed by atoms with Crippen molar-refractivity contribution in [2.75, 3.05) is 0 Å². The molecule has 33 heavy (non-hydrogen) atoms. The first kappa shape index (κ1) is 23.9. The molecule has 2 N–H and O–H groups in total. The number of aromatic amines is 1. The molecule has 0 saturated heterocycles. The Morgan fingerprint density at radius 2 is 2.00 bits per heavy atom. The summed E-state index contributed by atoms with van der Waals surface area (Å²) < 4.78 is 5.30. The molecule has 3 aromatic rings. The van der Waals surface area contributed by atoms with Crippen molar-refractivity contribution in [2.45, 2.75) is 33.4 Å². The van der Waals surface area contributed by atoms with Gasteiger partial charge in [-0.1, -0.05) is 37.6 Å². The van der Waals surface area contributed by atoms with Crippen LogP contribution in [0.4, 0.5) is 5.69 Å². The molecule has 0 bridgehead atoms. The summed E-state index contributed by atoms with van der Waals surface area (Å²) in [6.45, 7) is 4.94. The van der Waals surface area contributed by atoms with Crippen LogP contribution in [0.2, 0.25) is 5.02 Å². The summed E-state index contributed by atoms with van der Waals surface area (Å²) in [6, 6.07) is 7.61. The van der Waals surface area contributed by atoms with Crippen LogP contribution in [-0.2, 0) is 16.1 Å². The number of carbonyl (C=O) groups excluding carboxylic acids is 2. The first-order chi connectivity index (χ1) is 15.6. The minimum Gasteiger partial charge on any atom is -0.456 e. The fraction of sp³-hybridized carbons (Fsp3) is 0.273. The molecular weight excluding hydrogens is 452 g/mol. The molecule has 3 rings (SSSR count). The molecule has 1 heterocycles. The van der Waals surface area contributed by atoms with Gasteiger partial charge in [0.25, 0.3) is 17.2 Å². The number of fused-ring (bicyclic) bond motifs is 1. The Morgan fingerprint density at radius 1 is 1.27 bits per heavy atom. The lowest BCUT2D eigenvalue weighted by molar-refractivity contribution is -0.384. The van der Waals surface area contributed by atoms with Gasteiger partial charge in [0.2, 0.25) is 0 Å². The summed E-state index contributed by atoms with van der Waals surface area (Å²) in [5, 5.41) is 13.7. The van der Waals surface area contributed by atoms with Crippen LogP contribution in [0.15, 0.2) is 41.2 Å². The van der Waals surface area contributed by atoms with E-state index in [-0.39, 0.29) is 40.2 Å². The number of esters is 1. The minimum atomic E-state index is -1.03. The average molecular weight is 473 g/mol. The predicted octanol–water partition coefficient (Wildman–Crippen LogP) is 3.29. The number of hydrogen-bond donors (Lipinski definition) is 2. The van der Waals surface area contributed by atoms with Crippen LogP contribution in [0.5, 0.6) is 0 Å². The molecule has 0 saturated carbocycles. The predicted molar refractivity (Wildman–Crippen MR) is 121 cm³/mol. The van der Waals surface area contributed by atoms with Crippen molar-refractivity contribution >= 4 is 40.1 Å². The third-order valence-corrected chi connectivity index (χ3v) is 5.27. The minimum absolute atomic E-state index is 0.0169. The number of aryl methyl sites for hydroxylation is 1. The van der Waals surface area contributed by atoms with Crippen molar-refractivity contribution in [1.82, 2.24) is 15.3 Å². The number of aromatic nitrogens is 2. The first-order valence-corrected chi connectivity index (χ1v) is 10.4. The summed E-state index contributed by atoms with van der Waals surface area (Å²) in [5.41, 5.74) is 0.684. The number of para-hydroxylation sites is 1. The number of nitro groups is 1. The van der Waals surface area contributed by atoms with Crippen LogP contribution < -0.4 is 10.9 Å². The number of hydrogen-bond acceptors (Lipinski definition) is 7. The van der Waals surface area contributed by atoms with Gasteiger partial charge in [0.15, 0.2) is 0 Å². The molecular formula is C22H21ClN4O6. The van der Waals surface area contributed by atoms with E-state index in [1.165, 1.54) is 6.07 Å². The van der Waals surface area contributed by atoms with E-state index in [1.807, 2.05) is 13.0 Å². The molecule has 0 aliphatic carbocycles. The Kier molecular flexibility index (Phi) is 7.07. The van der Waals surface area contributed by atoms with Crippen LogP contribution >= 0.6 is 11.6 Å². The fourth-order valence-corrected chi connectivity index (χ4v) is 3.43. The second-order valence-electron chi connectivity index (χ2n) is 7.71. The number of benzene rings is 2. The highest BCUT2D eigenvalue weighted by Gasteiger charge is 2.27. The third kappa shape index (κ3) is 5.35. The van der Waals surface area contributed by atoms with Gasteiger partial charge in [0.1, 0.15) is 18.5 Å². The molecule has 0 spiro atoms. The van der Waals surface area contributed by atoms with Gasteiger partial charge in [-0.25, -0.2) is 9.78 Å². The number of rotatable bonds is 7. The lowest BCUT2D eigenvalue weighted by Crippen LogP contribution is -2.45. The van der Waals surface area contributed by atoms with Crippen molar-refractivity contribution in [3.63, 3.8) is 0 Å². The lowest BCUT2D eigenvalue weighted by Gasteiger charge is -2.21. The van der Waals surface area contributed by atoms with Crippen LogP contribution in [-0.4, -0.2) is 32.8 Å². The van der Waals surface area contributed by atoms with Gasteiger partial charge in [-0.05, 0) is 30.5 Å². The topological polar surface area (TPSA) is 144 Å². The van der Waals surface area contributed by atoms with Crippen LogP contribution in [0.3, 0.4) is 0 Å². The normalized spacial score (nSPS) is 11.9. The highest BCUT2D eigenvalue weighted by molar-refractivity contribution is 6.34. The fourth-order valence-electron chi connectivity index (χ4n) is 3.17. The van der Waals surface area contributed by atoms with Crippen LogP contribution in [0, 0.1) is 23.0 Å². The molecule has 2 aromatic carbocycles. The van der Waals surface area contributed by atoms with Gasteiger partial charge >= 0.3 is 5.97 Å². The molecule has 11 heteroatoms. The molecule has 0 fully saturated rings. The number of H-pyrrole nitrogens is 1. The zero-order valence-corrected chi connectivity index (χ0v) is 18.8. The molecule has 0 radical (unpaired) electrons. The van der Waals surface area contributed by atoms with Gasteiger partial charge in [0.05, 0.1) is 26.4 Å². The van der Waals surface area contributed by atoms with E-state index in [0.717, 1.165) is 17.7 Å². The van der Waals surface area contributed by atoms with Crippen molar-refractivity contribution in [3.05, 3.63) is 78.8 Å². The summed E-state index contributed by atoms with van der Waals surface area (Å²) in [6.07, 6.45) is 0. The first-order valence-electron chi connectivity index (χ1n) is 9.98. The maximum absolute atomic E-state index is 12.7. The maximum Gasteiger partial charge on any atom is 0.329 e. The molecule has 10 nitrogen and oxygen atoms in total. The zero-order chi connectivity index (χ0) is 24.3. The number of amides is 1. The number of ether oxygens (including phenoxy) is 1. The Labute approximate surface area is 193 Å². The highest BCUT2D eigenvalue weighted by atomic mass is 35.5. The molecule has 1 atom stereocenters. The Bertz CT molecular complexity index is 1300. The molecule has 0 aliphatic heterocycles. The Morgan fingerprint density at radius 3 is 2.64 bits per heavy atom. The summed E-state index contributed by atoms with van der Waals surface area (Å²) >= 11 is 6.00. The molecule has 0 aliphatic rings. The van der Waals surface area contributed by atoms with Crippen LogP contribution in [0.25, 0.3) is 10.9 Å². The van der Waals surface area contributed by atoms with E-state index < -0.39 is 22.8 Å². The largest absolute Gasteiger partial charge is 0.456 e. The van der Waals surface area contributed by atoms with Gasteiger partial charge in [-0.15, -0.1) is 0 Å². The zero-order valence-electron chi connectivity index (χ0n) is 18.0. The number of carbonyl (C=O) groups is 2. The van der Waals surface area contributed by atoms with Crippen LogP contribution in [0.1, 0.15) is 35.6 Å². The van der Waals surface area contributed by atoms with E-state index in [0.29, 0.717) is 10.9 Å². The van der Waals surface area contributed by atoms with Crippen molar-refractivity contribution in [3.8, 4) is 0 Å². The van der Waals surface area contributed by atoms with E-state index in [2.05, 4.69) is 15.3 Å². The van der Waals surface area contributed by atoms with E-state index in [1.54, 1.807) is 26.0 Å². The standard InChI is InChI=1S/C22H21ClN4O6/c1-11(2)18(26-20(28)14-8-7-13(27(31)32)9-16(14)23)22(30)33-10-17-24-19-12(3)5-4-6-15(19)21(29)25-17/h4-9,11,18H,10H2,1-3H3,(H,26,28)(H,24,25,29)/t18-/m0/s1. The SMILES string of the molecule is Cc1cccc2c(=O)[nH]c(COC(=O)[C@@H](NC(=O)c3ccc([N+](=O)[O-])cc3Cl)C(C)C)nc12. The summed E-state index contributed by atoms with van der Waals surface area (Å²) in [4.78, 5) is 54.8. The van der Waals surface area contributed by atoms with Crippen molar-refractivity contribution < 1.29 is 19.2 Å². The second kappa shape index (κ2) is 9.78. The Balaban J connectivity index is 1.74. The third-order valence-electron chi connectivity index (χ3n) is 4.95. The number of nitro benzene ring substituents is 1. The van der Waals surface area contributed by atoms with Gasteiger partial charge < -0.3 is 15.0 Å². The molecule has 1 amide bonds. The Hall–Kier alpha value is -3.79. The van der Waals surface area contributed by atoms with Gasteiger partial charge in [-0.3, -0.25) is 19.7 Å². The summed E-state index contributed by atoms with van der Waals surface area (Å²) in [7, 11) is 0. The maximum atomic E-state index is 12.7. The van der Waals surface area contributed by atoms with Crippen molar-refractivity contribution in [1.29, 1.82) is 0 Å². The number of non-ortho nitro benzene ring substituents is 1. The average Bonchev–Trinajstić information content (AvgIpc) is 2.76. The molecule has 1 aromatic heterocycles. The molecule has 0 unspecified atom stereocenters. The van der Waals surface area contributed by atoms with E-state index >= 15 is 0 Å². The highest BCUT2D eigenvalue weighted by Crippen LogP contribution is 2.23. The van der Waals surface area contributed by atoms with Gasteiger partial charge in [0, 0.05) is 12.1 Å². The monoisotopic (exact) mass is 472 g/mol. The number of nitrogens with one attached hydrogen (secondary N) is 2. The summed E-state index contributed by atoms with van der Waals surface area (Å²) in [5.74, 6) is -1.59. The smallest absolute Gasteiger partial charge is 0.329 e. The molecule has 172 valence electrons. The van der Waals surface area contributed by atoms with E-state index in [4.69, 9.17) is 16.3 Å². The lowest BCUT2D eigenvalue weighted by atomic mass is 10.0. The number of halogens is 1. The quantitative estimate of drug-likeness (QED) is 0.305. The van der Waals surface area contributed by atoms with Crippen molar-refractivity contribution in [2.24, 2.45) is 5.92 Å². The van der Waals surface area contributed by atoms with E-state index in [9.17, 15) is 24.5 Å². The number of nitrogens with zero attached hydrogens (tertiary/aromatic N) is 2.